The molecular weight excluding hydrogens is 242 g/mol. The van der Waals surface area contributed by atoms with Gasteiger partial charge >= 0.3 is 0 Å². The Labute approximate surface area is 113 Å². The number of fused-ring (bicyclic) bond motifs is 1. The van der Waals surface area contributed by atoms with E-state index in [-0.39, 0.29) is 18.7 Å². The molecule has 1 aromatic carbocycles. The molecule has 1 unspecified atom stereocenters. The molecule has 1 saturated carbocycles. The van der Waals surface area contributed by atoms with Gasteiger partial charge in [0.2, 0.25) is 6.79 Å². The molecule has 1 N–H and O–H groups in total. The Bertz CT molecular complexity index is 510. The average Bonchev–Trinajstić information content (AvgIpc) is 2.94. The quantitative estimate of drug-likeness (QED) is 0.890. The summed E-state index contributed by atoms with van der Waals surface area (Å²) in [7, 11) is 0. The maximum Gasteiger partial charge on any atom is 0.251 e. The molecule has 0 bridgehead atoms. The predicted octanol–water partition coefficient (Wildman–Crippen LogP) is 2.72. The molecule has 19 heavy (non-hydrogen) atoms. The predicted molar refractivity (Wildman–Crippen MR) is 71.5 cm³/mol. The van der Waals surface area contributed by atoms with Crippen LogP contribution < -0.4 is 14.8 Å². The summed E-state index contributed by atoms with van der Waals surface area (Å²) in [5.41, 5.74) is 0.973. The summed E-state index contributed by atoms with van der Waals surface area (Å²) in [6.45, 7) is 4.73. The summed E-state index contributed by atoms with van der Waals surface area (Å²) >= 11 is 0. The molecule has 1 heterocycles. The summed E-state index contributed by atoms with van der Waals surface area (Å²) in [5.74, 6) is 1.33. The summed E-state index contributed by atoms with van der Waals surface area (Å²) in [4.78, 5) is 12.2. The highest BCUT2D eigenvalue weighted by molar-refractivity contribution is 5.95. The molecule has 1 atom stereocenters. The van der Waals surface area contributed by atoms with Gasteiger partial charge in [0.05, 0.1) is 0 Å². The number of carbonyl (C=O) groups is 1. The first-order valence-corrected chi connectivity index (χ1v) is 6.74. The lowest BCUT2D eigenvalue weighted by molar-refractivity contribution is 0.0935. The van der Waals surface area contributed by atoms with Crippen molar-refractivity contribution in [2.45, 2.75) is 39.2 Å². The molecular formula is C15H19NO3. The highest BCUT2D eigenvalue weighted by atomic mass is 16.7. The topological polar surface area (TPSA) is 47.6 Å². The largest absolute Gasteiger partial charge is 0.454 e. The van der Waals surface area contributed by atoms with E-state index in [9.17, 15) is 4.79 Å². The number of nitrogens with one attached hydrogen (secondary N) is 1. The zero-order valence-corrected chi connectivity index (χ0v) is 11.4. The molecule has 3 rings (SSSR count). The van der Waals surface area contributed by atoms with Gasteiger partial charge in [-0.25, -0.2) is 0 Å². The zero-order valence-electron chi connectivity index (χ0n) is 11.4. The van der Waals surface area contributed by atoms with Crippen molar-refractivity contribution in [3.63, 3.8) is 0 Å². The molecule has 0 spiro atoms. The van der Waals surface area contributed by atoms with E-state index in [1.54, 1.807) is 18.2 Å². The highest BCUT2D eigenvalue weighted by Crippen LogP contribution is 2.37. The smallest absolute Gasteiger partial charge is 0.251 e. The SMILES string of the molecule is CC1(C)CCC(NC(=O)c2ccc3c(c2)OCO3)C1. The third kappa shape index (κ3) is 2.53. The third-order valence-corrected chi connectivity index (χ3v) is 3.94. The fourth-order valence-corrected chi connectivity index (χ4v) is 2.87. The molecule has 1 aliphatic carbocycles. The first-order valence-electron chi connectivity index (χ1n) is 6.74. The van der Waals surface area contributed by atoms with Gasteiger partial charge in [-0.3, -0.25) is 4.79 Å². The highest BCUT2D eigenvalue weighted by Gasteiger charge is 2.31. The second-order valence-electron chi connectivity index (χ2n) is 6.15. The lowest BCUT2D eigenvalue weighted by atomic mass is 9.92. The molecule has 0 radical (unpaired) electrons. The first kappa shape index (κ1) is 12.3. The van der Waals surface area contributed by atoms with Gasteiger partial charge in [0, 0.05) is 11.6 Å². The van der Waals surface area contributed by atoms with Crippen LogP contribution in [0.15, 0.2) is 18.2 Å². The Morgan fingerprint density at radius 1 is 1.32 bits per heavy atom. The van der Waals surface area contributed by atoms with Crippen LogP contribution in [0.3, 0.4) is 0 Å². The number of amides is 1. The van der Waals surface area contributed by atoms with Crippen molar-refractivity contribution in [1.82, 2.24) is 5.32 Å². The van der Waals surface area contributed by atoms with E-state index in [0.29, 0.717) is 22.5 Å². The Kier molecular flexibility index (Phi) is 2.88. The van der Waals surface area contributed by atoms with Gasteiger partial charge in [-0.05, 0) is 42.9 Å². The Balaban J connectivity index is 1.68. The van der Waals surface area contributed by atoms with Crippen LogP contribution in [-0.4, -0.2) is 18.7 Å². The summed E-state index contributed by atoms with van der Waals surface area (Å²) in [6.07, 6.45) is 3.27. The first-order chi connectivity index (χ1) is 9.03. The van der Waals surface area contributed by atoms with E-state index >= 15 is 0 Å². The van der Waals surface area contributed by atoms with Gasteiger partial charge in [0.15, 0.2) is 11.5 Å². The van der Waals surface area contributed by atoms with Gasteiger partial charge in [-0.2, -0.15) is 0 Å². The molecule has 1 amide bonds. The van der Waals surface area contributed by atoms with Gasteiger partial charge in [-0.1, -0.05) is 13.8 Å². The van der Waals surface area contributed by atoms with Crippen molar-refractivity contribution in [3.05, 3.63) is 23.8 Å². The average molecular weight is 261 g/mol. The van der Waals surface area contributed by atoms with Crippen LogP contribution in [0.25, 0.3) is 0 Å². The third-order valence-electron chi connectivity index (χ3n) is 3.94. The Hall–Kier alpha value is -1.71. The van der Waals surface area contributed by atoms with Crippen molar-refractivity contribution in [2.24, 2.45) is 5.41 Å². The second kappa shape index (κ2) is 4.44. The summed E-state index contributed by atoms with van der Waals surface area (Å²) in [6, 6.07) is 5.60. The van der Waals surface area contributed by atoms with Gasteiger partial charge in [-0.15, -0.1) is 0 Å². The van der Waals surface area contributed by atoms with E-state index in [4.69, 9.17) is 9.47 Å². The van der Waals surface area contributed by atoms with E-state index in [1.165, 1.54) is 6.42 Å². The lowest BCUT2D eigenvalue weighted by Crippen LogP contribution is -2.33. The molecule has 0 aromatic heterocycles. The van der Waals surface area contributed by atoms with E-state index in [0.717, 1.165) is 12.8 Å². The standard InChI is InChI=1S/C15H19NO3/c1-15(2)6-5-11(8-15)16-14(17)10-3-4-12-13(7-10)19-9-18-12/h3-4,7,11H,5-6,8-9H2,1-2H3,(H,16,17). The van der Waals surface area contributed by atoms with E-state index < -0.39 is 0 Å². The van der Waals surface area contributed by atoms with E-state index in [1.807, 2.05) is 0 Å². The van der Waals surface area contributed by atoms with Crippen LogP contribution in [0.1, 0.15) is 43.5 Å². The Morgan fingerprint density at radius 3 is 2.84 bits per heavy atom. The van der Waals surface area contributed by atoms with Gasteiger partial charge in [0.1, 0.15) is 0 Å². The number of hydrogen-bond acceptors (Lipinski definition) is 3. The van der Waals surface area contributed by atoms with Crippen molar-refractivity contribution in [1.29, 1.82) is 0 Å². The lowest BCUT2D eigenvalue weighted by Gasteiger charge is -2.17. The maximum atomic E-state index is 12.2. The van der Waals surface area contributed by atoms with Crippen molar-refractivity contribution >= 4 is 5.91 Å². The van der Waals surface area contributed by atoms with Crippen LogP contribution in [0.2, 0.25) is 0 Å². The molecule has 0 saturated heterocycles. The van der Waals surface area contributed by atoms with Crippen molar-refractivity contribution < 1.29 is 14.3 Å². The number of rotatable bonds is 2. The van der Waals surface area contributed by atoms with Gasteiger partial charge in [0.25, 0.3) is 5.91 Å². The maximum absolute atomic E-state index is 12.2. The minimum absolute atomic E-state index is 0.0269. The van der Waals surface area contributed by atoms with Crippen LogP contribution in [0.4, 0.5) is 0 Å². The molecule has 4 nitrogen and oxygen atoms in total. The summed E-state index contributed by atoms with van der Waals surface area (Å²) < 4.78 is 10.5. The minimum atomic E-state index is -0.0269. The molecule has 1 fully saturated rings. The van der Waals surface area contributed by atoms with Crippen molar-refractivity contribution in [3.8, 4) is 11.5 Å². The van der Waals surface area contributed by atoms with Crippen LogP contribution in [0.5, 0.6) is 11.5 Å². The molecule has 1 aromatic rings. The second-order valence-corrected chi connectivity index (χ2v) is 6.15. The number of carbonyl (C=O) groups excluding carboxylic acids is 1. The Morgan fingerprint density at radius 2 is 2.11 bits per heavy atom. The monoisotopic (exact) mass is 261 g/mol. The minimum Gasteiger partial charge on any atom is -0.454 e. The van der Waals surface area contributed by atoms with Crippen molar-refractivity contribution in [2.75, 3.05) is 6.79 Å². The molecule has 4 heteroatoms. The molecule has 102 valence electrons. The fraction of sp³-hybridized carbons (Fsp3) is 0.533. The normalized spacial score (nSPS) is 23.4. The molecule has 2 aliphatic rings. The van der Waals surface area contributed by atoms with E-state index in [2.05, 4.69) is 19.2 Å². The summed E-state index contributed by atoms with van der Waals surface area (Å²) in [5, 5.41) is 3.11. The number of hydrogen-bond donors (Lipinski definition) is 1. The fourth-order valence-electron chi connectivity index (χ4n) is 2.87. The van der Waals surface area contributed by atoms with Crippen LogP contribution in [0, 0.1) is 5.41 Å². The van der Waals surface area contributed by atoms with Crippen LogP contribution >= 0.6 is 0 Å². The number of benzene rings is 1. The van der Waals surface area contributed by atoms with Crippen LogP contribution in [-0.2, 0) is 0 Å². The molecule has 1 aliphatic heterocycles. The van der Waals surface area contributed by atoms with Gasteiger partial charge < -0.3 is 14.8 Å². The number of ether oxygens (including phenoxy) is 2. The zero-order chi connectivity index (χ0) is 13.5.